The molecular formula is C15H23NO2. The molecule has 0 radical (unpaired) electrons. The lowest BCUT2D eigenvalue weighted by Gasteiger charge is -2.20. The first-order valence-corrected chi connectivity index (χ1v) is 6.55. The quantitative estimate of drug-likeness (QED) is 0.755. The zero-order valence-electron chi connectivity index (χ0n) is 11.5. The summed E-state index contributed by atoms with van der Waals surface area (Å²) >= 11 is 0. The van der Waals surface area contributed by atoms with Crippen molar-refractivity contribution < 1.29 is 9.53 Å². The van der Waals surface area contributed by atoms with Gasteiger partial charge in [0.2, 0.25) is 0 Å². The van der Waals surface area contributed by atoms with Crippen LogP contribution in [0.5, 0.6) is 0 Å². The Morgan fingerprint density at radius 3 is 2.56 bits per heavy atom. The van der Waals surface area contributed by atoms with Crippen molar-refractivity contribution in [2.24, 2.45) is 0 Å². The molecule has 0 amide bonds. The average molecular weight is 249 g/mol. The Labute approximate surface area is 110 Å². The zero-order chi connectivity index (χ0) is 13.4. The van der Waals surface area contributed by atoms with E-state index in [0.29, 0.717) is 18.9 Å². The van der Waals surface area contributed by atoms with Gasteiger partial charge in [-0.15, -0.1) is 0 Å². The largest absolute Gasteiger partial charge is 0.466 e. The van der Waals surface area contributed by atoms with Gasteiger partial charge in [0.15, 0.2) is 0 Å². The molecule has 0 aliphatic heterocycles. The third-order valence-electron chi connectivity index (χ3n) is 3.13. The molecule has 0 spiro atoms. The number of carbonyl (C=O) groups is 1. The molecule has 1 aromatic carbocycles. The molecule has 3 heteroatoms. The van der Waals surface area contributed by atoms with Crippen molar-refractivity contribution in [3.63, 3.8) is 0 Å². The monoisotopic (exact) mass is 249 g/mol. The van der Waals surface area contributed by atoms with Crippen molar-refractivity contribution in [3.05, 3.63) is 35.9 Å². The first-order valence-electron chi connectivity index (χ1n) is 6.55. The summed E-state index contributed by atoms with van der Waals surface area (Å²) in [4.78, 5) is 11.5. The summed E-state index contributed by atoms with van der Waals surface area (Å²) in [6.07, 6.45) is 1.36. The molecule has 0 aromatic heterocycles. The summed E-state index contributed by atoms with van der Waals surface area (Å²) in [6, 6.07) is 10.5. The Balaban J connectivity index is 2.50. The third kappa shape index (κ3) is 4.88. The molecule has 2 unspecified atom stereocenters. The van der Waals surface area contributed by atoms with Crippen LogP contribution in [0.4, 0.5) is 0 Å². The molecule has 1 N–H and O–H groups in total. The number of esters is 1. The number of carbonyl (C=O) groups excluding carboxylic acids is 1. The van der Waals surface area contributed by atoms with Gasteiger partial charge in [0.1, 0.15) is 0 Å². The fraction of sp³-hybridized carbons (Fsp3) is 0.533. The van der Waals surface area contributed by atoms with E-state index in [9.17, 15) is 4.79 Å². The first-order chi connectivity index (χ1) is 8.67. The maximum Gasteiger partial charge on any atom is 0.307 e. The second-order valence-electron chi connectivity index (χ2n) is 4.54. The molecule has 1 aromatic rings. The molecule has 3 nitrogen and oxygen atoms in total. The van der Waals surface area contributed by atoms with Gasteiger partial charge in [0, 0.05) is 6.04 Å². The lowest BCUT2D eigenvalue weighted by atomic mass is 9.93. The van der Waals surface area contributed by atoms with E-state index in [1.807, 2.05) is 32.2 Å². The van der Waals surface area contributed by atoms with Crippen LogP contribution in [-0.4, -0.2) is 25.7 Å². The van der Waals surface area contributed by atoms with E-state index in [4.69, 9.17) is 4.74 Å². The highest BCUT2D eigenvalue weighted by molar-refractivity contribution is 5.70. The van der Waals surface area contributed by atoms with Crippen LogP contribution in [0.2, 0.25) is 0 Å². The summed E-state index contributed by atoms with van der Waals surface area (Å²) in [5, 5.41) is 3.19. The van der Waals surface area contributed by atoms with Crippen LogP contribution in [0.3, 0.4) is 0 Å². The highest BCUT2D eigenvalue weighted by Gasteiger charge is 2.16. The van der Waals surface area contributed by atoms with Crippen molar-refractivity contribution >= 4 is 5.97 Å². The number of ether oxygens (including phenoxy) is 1. The summed E-state index contributed by atoms with van der Waals surface area (Å²) in [5.41, 5.74) is 1.31. The highest BCUT2D eigenvalue weighted by atomic mass is 16.5. The summed E-state index contributed by atoms with van der Waals surface area (Å²) in [6.45, 7) is 4.47. The third-order valence-corrected chi connectivity index (χ3v) is 3.13. The van der Waals surface area contributed by atoms with Crippen molar-refractivity contribution in [2.45, 2.75) is 38.6 Å². The van der Waals surface area contributed by atoms with Crippen LogP contribution in [0.15, 0.2) is 30.3 Å². The SMILES string of the molecule is CCOC(=O)CC(CC(C)c1ccccc1)NC. The van der Waals surface area contributed by atoms with Gasteiger partial charge in [-0.05, 0) is 31.9 Å². The molecule has 0 fully saturated rings. The first kappa shape index (κ1) is 14.7. The molecular weight excluding hydrogens is 226 g/mol. The minimum atomic E-state index is -0.128. The van der Waals surface area contributed by atoms with Gasteiger partial charge in [-0.25, -0.2) is 0 Å². The Morgan fingerprint density at radius 2 is 2.00 bits per heavy atom. The molecule has 2 atom stereocenters. The maximum absolute atomic E-state index is 11.5. The fourth-order valence-electron chi connectivity index (χ4n) is 2.07. The van der Waals surface area contributed by atoms with Crippen molar-refractivity contribution in [3.8, 4) is 0 Å². The Hall–Kier alpha value is -1.35. The molecule has 0 saturated heterocycles. The second kappa shape index (κ2) is 7.88. The van der Waals surface area contributed by atoms with E-state index in [0.717, 1.165) is 6.42 Å². The lowest BCUT2D eigenvalue weighted by Crippen LogP contribution is -2.30. The van der Waals surface area contributed by atoms with Gasteiger partial charge in [0.05, 0.1) is 13.0 Å². The van der Waals surface area contributed by atoms with Crippen LogP contribution < -0.4 is 5.32 Å². The van der Waals surface area contributed by atoms with E-state index < -0.39 is 0 Å². The second-order valence-corrected chi connectivity index (χ2v) is 4.54. The van der Waals surface area contributed by atoms with Crippen LogP contribution in [0, 0.1) is 0 Å². The summed E-state index contributed by atoms with van der Waals surface area (Å²) in [7, 11) is 1.89. The number of hydrogen-bond acceptors (Lipinski definition) is 3. The van der Waals surface area contributed by atoms with E-state index in [2.05, 4.69) is 24.4 Å². The topological polar surface area (TPSA) is 38.3 Å². The van der Waals surface area contributed by atoms with E-state index >= 15 is 0 Å². The van der Waals surface area contributed by atoms with Gasteiger partial charge in [-0.3, -0.25) is 4.79 Å². The molecule has 1 rings (SSSR count). The summed E-state index contributed by atoms with van der Waals surface area (Å²) in [5.74, 6) is 0.301. The van der Waals surface area contributed by atoms with Crippen molar-refractivity contribution in [2.75, 3.05) is 13.7 Å². The Bertz CT molecular complexity index is 351. The molecule has 0 bridgehead atoms. The minimum Gasteiger partial charge on any atom is -0.466 e. The van der Waals surface area contributed by atoms with Crippen LogP contribution >= 0.6 is 0 Å². The van der Waals surface area contributed by atoms with Gasteiger partial charge in [-0.1, -0.05) is 37.3 Å². The minimum absolute atomic E-state index is 0.128. The van der Waals surface area contributed by atoms with Gasteiger partial charge in [0.25, 0.3) is 0 Å². The number of rotatable bonds is 7. The average Bonchev–Trinajstić information content (AvgIpc) is 2.39. The molecule has 0 heterocycles. The van der Waals surface area contributed by atoms with Crippen LogP contribution in [-0.2, 0) is 9.53 Å². The van der Waals surface area contributed by atoms with Gasteiger partial charge < -0.3 is 10.1 Å². The molecule has 18 heavy (non-hydrogen) atoms. The maximum atomic E-state index is 11.5. The molecule has 0 aliphatic rings. The number of nitrogens with one attached hydrogen (secondary N) is 1. The molecule has 100 valence electrons. The molecule has 0 aliphatic carbocycles. The van der Waals surface area contributed by atoms with Crippen molar-refractivity contribution in [1.82, 2.24) is 5.32 Å². The van der Waals surface area contributed by atoms with Crippen LogP contribution in [0.1, 0.15) is 38.2 Å². The normalized spacial score (nSPS) is 13.9. The van der Waals surface area contributed by atoms with E-state index in [1.165, 1.54) is 5.56 Å². The predicted molar refractivity (Wildman–Crippen MR) is 73.6 cm³/mol. The summed E-state index contributed by atoms with van der Waals surface area (Å²) < 4.78 is 4.98. The predicted octanol–water partition coefficient (Wildman–Crippen LogP) is 2.72. The van der Waals surface area contributed by atoms with Gasteiger partial charge in [-0.2, -0.15) is 0 Å². The van der Waals surface area contributed by atoms with Crippen molar-refractivity contribution in [1.29, 1.82) is 0 Å². The van der Waals surface area contributed by atoms with Gasteiger partial charge >= 0.3 is 5.97 Å². The molecule has 0 saturated carbocycles. The highest BCUT2D eigenvalue weighted by Crippen LogP contribution is 2.21. The Morgan fingerprint density at radius 1 is 1.33 bits per heavy atom. The zero-order valence-corrected chi connectivity index (χ0v) is 11.5. The fourth-order valence-corrected chi connectivity index (χ4v) is 2.07. The smallest absolute Gasteiger partial charge is 0.307 e. The van der Waals surface area contributed by atoms with E-state index in [1.54, 1.807) is 0 Å². The number of benzene rings is 1. The number of hydrogen-bond donors (Lipinski definition) is 1. The van der Waals surface area contributed by atoms with E-state index in [-0.39, 0.29) is 12.0 Å². The van der Waals surface area contributed by atoms with Crippen LogP contribution in [0.25, 0.3) is 0 Å². The Kier molecular flexibility index (Phi) is 6.44. The standard InChI is InChI=1S/C15H23NO2/c1-4-18-15(17)11-14(16-3)10-12(2)13-8-6-5-7-9-13/h5-9,12,14,16H,4,10-11H2,1-3H3. The lowest BCUT2D eigenvalue weighted by molar-refractivity contribution is -0.143.